The van der Waals surface area contributed by atoms with Gasteiger partial charge in [0.2, 0.25) is 0 Å². The molecule has 18 heavy (non-hydrogen) atoms. The van der Waals surface area contributed by atoms with E-state index in [1.165, 1.54) is 18.5 Å². The number of carbonyl (C=O) groups excluding carboxylic acids is 1. The molecule has 0 atom stereocenters. The predicted molar refractivity (Wildman–Crippen MR) is 64.8 cm³/mol. The molecule has 1 aromatic heterocycles. The van der Waals surface area contributed by atoms with Gasteiger partial charge in [0.05, 0.1) is 12.0 Å². The predicted octanol–water partition coefficient (Wildman–Crippen LogP) is 2.42. The molecule has 1 heterocycles. The maximum atomic E-state index is 13.5. The van der Waals surface area contributed by atoms with Crippen LogP contribution in [0.1, 0.15) is 36.1 Å². The van der Waals surface area contributed by atoms with Gasteiger partial charge in [-0.25, -0.2) is 14.1 Å². The summed E-state index contributed by atoms with van der Waals surface area (Å²) in [6.07, 6.45) is 1.46. The second kappa shape index (κ2) is 5.08. The molecule has 0 saturated heterocycles. The van der Waals surface area contributed by atoms with Gasteiger partial charge in [0, 0.05) is 6.04 Å². The highest BCUT2D eigenvalue weighted by atomic mass is 19.1. The third-order valence-electron chi connectivity index (χ3n) is 2.63. The fraction of sp³-hybridized carbons (Fsp3) is 0.308. The zero-order valence-corrected chi connectivity index (χ0v) is 10.3. The van der Waals surface area contributed by atoms with Crippen molar-refractivity contribution in [3.8, 4) is 0 Å². The monoisotopic (exact) mass is 247 g/mol. The van der Waals surface area contributed by atoms with Gasteiger partial charge in [-0.15, -0.1) is 0 Å². The van der Waals surface area contributed by atoms with E-state index in [0.717, 1.165) is 0 Å². The first kappa shape index (κ1) is 12.4. The van der Waals surface area contributed by atoms with E-state index in [1.54, 1.807) is 16.8 Å². The molecule has 0 aliphatic carbocycles. The Kier molecular flexibility index (Phi) is 3.50. The third kappa shape index (κ3) is 2.45. The van der Waals surface area contributed by atoms with Crippen LogP contribution >= 0.6 is 0 Å². The van der Waals surface area contributed by atoms with E-state index >= 15 is 0 Å². The first-order valence-electron chi connectivity index (χ1n) is 5.75. The van der Waals surface area contributed by atoms with Crippen LogP contribution in [-0.4, -0.2) is 20.5 Å². The van der Waals surface area contributed by atoms with Gasteiger partial charge in [0.25, 0.3) is 0 Å². The number of hydrogen-bond donors (Lipinski definition) is 0. The number of Topliss-reactive ketones (excluding diaryl/α,β-unsaturated/α-hetero) is 1. The molecule has 0 aliphatic rings. The van der Waals surface area contributed by atoms with Crippen LogP contribution in [0.15, 0.2) is 30.6 Å². The van der Waals surface area contributed by atoms with Crippen LogP contribution in [0, 0.1) is 5.82 Å². The van der Waals surface area contributed by atoms with E-state index in [4.69, 9.17) is 0 Å². The Morgan fingerprint density at radius 1 is 1.39 bits per heavy atom. The molecule has 0 fully saturated rings. The molecule has 94 valence electrons. The van der Waals surface area contributed by atoms with Crippen LogP contribution in [0.2, 0.25) is 0 Å². The summed E-state index contributed by atoms with van der Waals surface area (Å²) in [5.41, 5.74) is 0.0933. The van der Waals surface area contributed by atoms with Crippen molar-refractivity contribution in [3.63, 3.8) is 0 Å². The van der Waals surface area contributed by atoms with Gasteiger partial charge in [-0.05, 0) is 26.0 Å². The summed E-state index contributed by atoms with van der Waals surface area (Å²) >= 11 is 0. The van der Waals surface area contributed by atoms with E-state index < -0.39 is 5.82 Å². The highest BCUT2D eigenvalue weighted by molar-refractivity contribution is 5.97. The van der Waals surface area contributed by atoms with Gasteiger partial charge in [-0.2, -0.15) is 5.10 Å². The summed E-state index contributed by atoms with van der Waals surface area (Å²) in [7, 11) is 0. The van der Waals surface area contributed by atoms with Crippen molar-refractivity contribution in [1.29, 1.82) is 0 Å². The summed E-state index contributed by atoms with van der Waals surface area (Å²) in [5, 5.41) is 4.04. The summed E-state index contributed by atoms with van der Waals surface area (Å²) in [5.74, 6) is -0.237. The Morgan fingerprint density at radius 3 is 2.78 bits per heavy atom. The van der Waals surface area contributed by atoms with Gasteiger partial charge < -0.3 is 0 Å². The maximum Gasteiger partial charge on any atom is 0.173 e. The smallest absolute Gasteiger partial charge is 0.173 e. The summed E-state index contributed by atoms with van der Waals surface area (Å²) in [4.78, 5) is 16.0. The molecule has 0 bridgehead atoms. The summed E-state index contributed by atoms with van der Waals surface area (Å²) < 4.78 is 15.1. The van der Waals surface area contributed by atoms with Crippen LogP contribution < -0.4 is 0 Å². The highest BCUT2D eigenvalue weighted by Gasteiger charge is 2.16. The lowest BCUT2D eigenvalue weighted by Gasteiger charge is -2.08. The number of hydrogen-bond acceptors (Lipinski definition) is 3. The van der Waals surface area contributed by atoms with Gasteiger partial charge in [-0.1, -0.05) is 12.1 Å². The average Bonchev–Trinajstić information content (AvgIpc) is 2.77. The van der Waals surface area contributed by atoms with E-state index in [9.17, 15) is 9.18 Å². The summed E-state index contributed by atoms with van der Waals surface area (Å²) in [6.45, 7) is 3.90. The van der Waals surface area contributed by atoms with Gasteiger partial charge in [0.15, 0.2) is 5.78 Å². The van der Waals surface area contributed by atoms with Gasteiger partial charge in [-0.3, -0.25) is 4.79 Å². The van der Waals surface area contributed by atoms with Gasteiger partial charge >= 0.3 is 0 Å². The molecular weight excluding hydrogens is 233 g/mol. The van der Waals surface area contributed by atoms with Gasteiger partial charge in [0.1, 0.15) is 18.0 Å². The van der Waals surface area contributed by atoms with E-state index in [-0.39, 0.29) is 23.8 Å². The van der Waals surface area contributed by atoms with Crippen molar-refractivity contribution in [2.45, 2.75) is 26.3 Å². The minimum Gasteiger partial charge on any atom is -0.294 e. The second-order valence-corrected chi connectivity index (χ2v) is 4.29. The SMILES string of the molecule is CC(C)n1ncnc1CC(=O)c1ccccc1F. The van der Waals surface area contributed by atoms with Crippen LogP contribution in [0.4, 0.5) is 4.39 Å². The number of carbonyl (C=O) groups is 1. The quantitative estimate of drug-likeness (QED) is 0.779. The molecule has 5 heteroatoms. The van der Waals surface area contributed by atoms with Crippen LogP contribution in [0.5, 0.6) is 0 Å². The van der Waals surface area contributed by atoms with Crippen molar-refractivity contribution in [1.82, 2.24) is 14.8 Å². The highest BCUT2D eigenvalue weighted by Crippen LogP contribution is 2.12. The van der Waals surface area contributed by atoms with E-state index in [0.29, 0.717) is 5.82 Å². The Bertz CT molecular complexity index is 563. The fourth-order valence-electron chi connectivity index (χ4n) is 1.76. The molecule has 0 saturated carbocycles. The van der Waals surface area contributed by atoms with Crippen molar-refractivity contribution in [2.24, 2.45) is 0 Å². The standard InChI is InChI=1S/C13H14FN3O/c1-9(2)17-13(15-8-16-17)7-12(18)10-5-3-4-6-11(10)14/h3-6,8-9H,7H2,1-2H3. The normalized spacial score (nSPS) is 10.9. The Hall–Kier alpha value is -2.04. The van der Waals surface area contributed by atoms with E-state index in [2.05, 4.69) is 10.1 Å². The summed E-state index contributed by atoms with van der Waals surface area (Å²) in [6, 6.07) is 6.08. The number of nitrogens with zero attached hydrogens (tertiary/aromatic N) is 3. The number of halogens is 1. The Balaban J connectivity index is 2.22. The van der Waals surface area contributed by atoms with Crippen molar-refractivity contribution < 1.29 is 9.18 Å². The lowest BCUT2D eigenvalue weighted by molar-refractivity contribution is 0.0985. The molecule has 0 spiro atoms. The zero-order valence-electron chi connectivity index (χ0n) is 10.3. The van der Waals surface area contributed by atoms with Crippen LogP contribution in [0.25, 0.3) is 0 Å². The molecule has 2 aromatic rings. The Morgan fingerprint density at radius 2 is 2.11 bits per heavy atom. The molecule has 1 aromatic carbocycles. The zero-order chi connectivity index (χ0) is 13.1. The topological polar surface area (TPSA) is 47.8 Å². The largest absolute Gasteiger partial charge is 0.294 e. The fourth-order valence-corrected chi connectivity index (χ4v) is 1.76. The molecule has 0 unspecified atom stereocenters. The van der Waals surface area contributed by atoms with Crippen molar-refractivity contribution in [3.05, 3.63) is 47.8 Å². The second-order valence-electron chi connectivity index (χ2n) is 4.29. The number of aromatic nitrogens is 3. The molecule has 0 radical (unpaired) electrons. The lowest BCUT2D eigenvalue weighted by Crippen LogP contribution is -2.14. The number of rotatable bonds is 4. The maximum absolute atomic E-state index is 13.5. The lowest BCUT2D eigenvalue weighted by atomic mass is 10.1. The number of benzene rings is 1. The first-order valence-corrected chi connectivity index (χ1v) is 5.75. The Labute approximate surface area is 104 Å². The molecule has 0 aliphatic heterocycles. The van der Waals surface area contributed by atoms with Crippen LogP contribution in [-0.2, 0) is 6.42 Å². The minimum atomic E-state index is -0.502. The minimum absolute atomic E-state index is 0.0547. The third-order valence-corrected chi connectivity index (χ3v) is 2.63. The average molecular weight is 247 g/mol. The molecule has 2 rings (SSSR count). The molecule has 4 nitrogen and oxygen atoms in total. The molecule has 0 N–H and O–H groups in total. The number of ketones is 1. The van der Waals surface area contributed by atoms with E-state index in [1.807, 2.05) is 13.8 Å². The molecule has 0 amide bonds. The van der Waals surface area contributed by atoms with Crippen molar-refractivity contribution >= 4 is 5.78 Å². The van der Waals surface area contributed by atoms with Crippen molar-refractivity contribution in [2.75, 3.05) is 0 Å². The molecular formula is C13H14FN3O. The van der Waals surface area contributed by atoms with Crippen LogP contribution in [0.3, 0.4) is 0 Å². The first-order chi connectivity index (χ1) is 8.59.